The molecular weight excluding hydrogens is 498 g/mol. The Labute approximate surface area is 244 Å². The normalized spacial score (nSPS) is 42.4. The van der Waals surface area contributed by atoms with Gasteiger partial charge in [0.05, 0.1) is 6.61 Å². The van der Waals surface area contributed by atoms with Crippen LogP contribution in [0.5, 0.6) is 0 Å². The first-order chi connectivity index (χ1) is 19.4. The number of ether oxygens (including phenoxy) is 1. The van der Waals surface area contributed by atoms with Crippen LogP contribution in [-0.2, 0) is 4.74 Å². The fraction of sp³-hybridized carbons (Fsp3) is 0.838. The molecule has 3 heteroatoms. The first-order valence-electron chi connectivity index (χ1n) is 17.4. The molecule has 226 valence electrons. The van der Waals surface area contributed by atoms with Crippen molar-refractivity contribution in [2.24, 2.45) is 52.8 Å². The van der Waals surface area contributed by atoms with Crippen LogP contribution in [0, 0.1) is 52.8 Å². The lowest BCUT2D eigenvalue weighted by molar-refractivity contribution is 0.0331. The van der Waals surface area contributed by atoms with Crippen LogP contribution in [0.1, 0.15) is 129 Å². The second-order valence-electron chi connectivity index (χ2n) is 15.1. The van der Waals surface area contributed by atoms with Crippen LogP contribution in [0.25, 0.3) is 0 Å². The number of allylic oxidation sites excluding steroid dienone is 4. The third-order valence-corrected chi connectivity index (χ3v) is 12.5. The molecule has 5 rings (SSSR count). The van der Waals surface area contributed by atoms with Crippen molar-refractivity contribution in [1.29, 1.82) is 0 Å². The van der Waals surface area contributed by atoms with Crippen molar-refractivity contribution < 1.29 is 13.5 Å². The predicted octanol–water partition coefficient (Wildman–Crippen LogP) is 11.3. The Kier molecular flexibility index (Phi) is 10.5. The van der Waals surface area contributed by atoms with E-state index >= 15 is 0 Å². The summed E-state index contributed by atoms with van der Waals surface area (Å²) < 4.78 is 35.8. The zero-order chi connectivity index (χ0) is 28.1. The highest BCUT2D eigenvalue weighted by molar-refractivity contribution is 5.29. The molecule has 4 fully saturated rings. The summed E-state index contributed by atoms with van der Waals surface area (Å²) in [5.74, 6) is 6.60. The second-order valence-corrected chi connectivity index (χ2v) is 15.1. The molecular formula is C37H58F2O. The smallest absolute Gasteiger partial charge is 0.177 e. The van der Waals surface area contributed by atoms with Gasteiger partial charge in [-0.15, -0.1) is 6.58 Å². The molecule has 0 aliphatic heterocycles. The molecule has 5 aliphatic rings. The Balaban J connectivity index is 1.03. The lowest BCUT2D eigenvalue weighted by Gasteiger charge is -2.46. The highest BCUT2D eigenvalue weighted by atomic mass is 19.2. The van der Waals surface area contributed by atoms with Gasteiger partial charge >= 0.3 is 0 Å². The SMILES string of the molecule is C=CCCC1(C)C=CC(OCC2CCC3CC(C4CCC(C5CCC(CCC)CC5)CC4)CCC3C2)=C(F)C1F. The summed E-state index contributed by atoms with van der Waals surface area (Å²) in [5, 5.41) is 0. The van der Waals surface area contributed by atoms with E-state index in [1.54, 1.807) is 19.1 Å². The Morgan fingerprint density at radius 1 is 0.825 bits per heavy atom. The van der Waals surface area contributed by atoms with E-state index in [2.05, 4.69) is 13.5 Å². The van der Waals surface area contributed by atoms with Crippen LogP contribution in [0.3, 0.4) is 0 Å². The van der Waals surface area contributed by atoms with Crippen molar-refractivity contribution in [3.05, 3.63) is 36.4 Å². The summed E-state index contributed by atoms with van der Waals surface area (Å²) in [5.41, 5.74) is -0.811. The first kappa shape index (κ1) is 30.3. The quantitative estimate of drug-likeness (QED) is 0.243. The van der Waals surface area contributed by atoms with Gasteiger partial charge in [-0.1, -0.05) is 51.7 Å². The molecule has 0 aromatic carbocycles. The van der Waals surface area contributed by atoms with Gasteiger partial charge in [-0.05, 0) is 143 Å². The Morgan fingerprint density at radius 2 is 1.35 bits per heavy atom. The second kappa shape index (κ2) is 13.9. The van der Waals surface area contributed by atoms with Gasteiger partial charge in [0, 0.05) is 5.41 Å². The number of alkyl halides is 1. The Morgan fingerprint density at radius 3 is 2.00 bits per heavy atom. The van der Waals surface area contributed by atoms with Crippen molar-refractivity contribution >= 4 is 0 Å². The van der Waals surface area contributed by atoms with E-state index in [1.165, 1.54) is 103 Å². The molecule has 0 aromatic heterocycles. The van der Waals surface area contributed by atoms with E-state index in [4.69, 9.17) is 4.74 Å². The van der Waals surface area contributed by atoms with Crippen LogP contribution in [0.4, 0.5) is 8.78 Å². The van der Waals surface area contributed by atoms with E-state index in [0.717, 1.165) is 41.4 Å². The molecule has 0 spiro atoms. The number of rotatable bonds is 10. The van der Waals surface area contributed by atoms with Gasteiger partial charge in [-0.25, -0.2) is 8.78 Å². The summed E-state index contributed by atoms with van der Waals surface area (Å²) in [7, 11) is 0. The van der Waals surface area contributed by atoms with E-state index in [-0.39, 0.29) is 5.76 Å². The monoisotopic (exact) mass is 556 g/mol. The van der Waals surface area contributed by atoms with Gasteiger partial charge in [0.25, 0.3) is 0 Å². The molecule has 6 unspecified atom stereocenters. The predicted molar refractivity (Wildman–Crippen MR) is 163 cm³/mol. The topological polar surface area (TPSA) is 9.23 Å². The van der Waals surface area contributed by atoms with E-state index in [0.29, 0.717) is 25.4 Å². The van der Waals surface area contributed by atoms with Crippen molar-refractivity contribution in [1.82, 2.24) is 0 Å². The number of halogens is 2. The van der Waals surface area contributed by atoms with Gasteiger partial charge < -0.3 is 4.74 Å². The molecule has 0 bridgehead atoms. The van der Waals surface area contributed by atoms with Gasteiger partial charge in [0.15, 0.2) is 17.8 Å². The molecule has 5 aliphatic carbocycles. The maximum Gasteiger partial charge on any atom is 0.177 e. The van der Waals surface area contributed by atoms with Crippen LogP contribution in [0.15, 0.2) is 36.4 Å². The van der Waals surface area contributed by atoms with E-state index in [1.807, 2.05) is 6.08 Å². The summed E-state index contributed by atoms with van der Waals surface area (Å²) in [6.07, 6.45) is 27.7. The molecule has 40 heavy (non-hydrogen) atoms. The van der Waals surface area contributed by atoms with Crippen molar-refractivity contribution in [2.75, 3.05) is 6.61 Å². The first-order valence-corrected chi connectivity index (χ1v) is 17.4. The number of hydrogen-bond donors (Lipinski definition) is 0. The van der Waals surface area contributed by atoms with Gasteiger partial charge in [0.2, 0.25) is 0 Å². The zero-order valence-corrected chi connectivity index (χ0v) is 25.7. The number of fused-ring (bicyclic) bond motifs is 1. The summed E-state index contributed by atoms with van der Waals surface area (Å²) in [4.78, 5) is 0. The minimum Gasteiger partial charge on any atom is -0.490 e. The molecule has 1 nitrogen and oxygen atoms in total. The average Bonchev–Trinajstić information content (AvgIpc) is 2.99. The minimum atomic E-state index is -1.63. The lowest BCUT2D eigenvalue weighted by atomic mass is 9.60. The van der Waals surface area contributed by atoms with Gasteiger partial charge in [0.1, 0.15) is 0 Å². The maximum atomic E-state index is 14.9. The van der Waals surface area contributed by atoms with Crippen LogP contribution < -0.4 is 0 Å². The molecule has 0 aromatic rings. The molecule has 6 atom stereocenters. The standard InChI is InChI=1S/C37H58F2O/c1-4-6-21-37(3)22-20-34(35(38)36(37)39)40-25-27-10-13-33-24-32(19-18-31(33)23-27)30-16-14-29(15-17-30)28-11-8-26(7-5-2)9-12-28/h4,20,22,26-33,36H,1,5-19,21,23-25H2,2-3H3. The third kappa shape index (κ3) is 7.08. The highest BCUT2D eigenvalue weighted by Gasteiger charge is 2.41. The van der Waals surface area contributed by atoms with Crippen molar-refractivity contribution in [3.8, 4) is 0 Å². The molecule has 4 saturated carbocycles. The third-order valence-electron chi connectivity index (χ3n) is 12.5. The molecule has 0 radical (unpaired) electrons. The summed E-state index contributed by atoms with van der Waals surface area (Å²) >= 11 is 0. The molecule has 0 heterocycles. The highest BCUT2D eigenvalue weighted by Crippen LogP contribution is 2.51. The Hall–Kier alpha value is -1.12. The number of hydrogen-bond acceptors (Lipinski definition) is 1. The largest absolute Gasteiger partial charge is 0.490 e. The van der Waals surface area contributed by atoms with E-state index < -0.39 is 17.4 Å². The van der Waals surface area contributed by atoms with E-state index in [9.17, 15) is 8.78 Å². The van der Waals surface area contributed by atoms with Crippen LogP contribution >= 0.6 is 0 Å². The van der Waals surface area contributed by atoms with Crippen molar-refractivity contribution in [3.63, 3.8) is 0 Å². The van der Waals surface area contributed by atoms with Crippen LogP contribution in [-0.4, -0.2) is 12.8 Å². The van der Waals surface area contributed by atoms with Crippen LogP contribution in [0.2, 0.25) is 0 Å². The fourth-order valence-corrected chi connectivity index (χ4v) is 9.84. The summed E-state index contributed by atoms with van der Waals surface area (Å²) in [6, 6.07) is 0. The fourth-order valence-electron chi connectivity index (χ4n) is 9.84. The molecule has 0 saturated heterocycles. The Bertz CT molecular complexity index is 877. The maximum absolute atomic E-state index is 14.9. The average molecular weight is 557 g/mol. The zero-order valence-electron chi connectivity index (χ0n) is 25.7. The minimum absolute atomic E-state index is 0.124. The van der Waals surface area contributed by atoms with Crippen molar-refractivity contribution in [2.45, 2.75) is 136 Å². The van der Waals surface area contributed by atoms with Gasteiger partial charge in [-0.3, -0.25) is 0 Å². The lowest BCUT2D eigenvalue weighted by Crippen LogP contribution is -2.36. The molecule has 0 N–H and O–H groups in total. The molecule has 0 amide bonds. The van der Waals surface area contributed by atoms with Gasteiger partial charge in [-0.2, -0.15) is 0 Å². The summed E-state index contributed by atoms with van der Waals surface area (Å²) in [6.45, 7) is 8.38.